The Morgan fingerprint density at radius 2 is 2.05 bits per heavy atom. The predicted molar refractivity (Wildman–Crippen MR) is 76.7 cm³/mol. The second kappa shape index (κ2) is 6.55. The summed E-state index contributed by atoms with van der Waals surface area (Å²) in [5.74, 6) is 1.40. The lowest BCUT2D eigenvalue weighted by atomic mass is 9.81. The quantitative estimate of drug-likeness (QED) is 0.875. The van der Waals surface area contributed by atoms with Crippen LogP contribution in [0.5, 0.6) is 0 Å². The van der Waals surface area contributed by atoms with Gasteiger partial charge in [-0.05, 0) is 30.7 Å². The van der Waals surface area contributed by atoms with Crippen molar-refractivity contribution in [2.75, 3.05) is 12.3 Å². The molecule has 1 fully saturated rings. The Hall–Kier alpha value is -1.58. The van der Waals surface area contributed by atoms with E-state index >= 15 is 0 Å². The summed E-state index contributed by atoms with van der Waals surface area (Å²) < 4.78 is 0. The van der Waals surface area contributed by atoms with Crippen LogP contribution in [0.4, 0.5) is 5.69 Å². The van der Waals surface area contributed by atoms with E-state index in [-0.39, 0.29) is 5.91 Å². The molecule has 1 aliphatic rings. The molecule has 0 aliphatic heterocycles. The minimum Gasteiger partial charge on any atom is -0.398 e. The van der Waals surface area contributed by atoms with Gasteiger partial charge in [0, 0.05) is 24.6 Å². The number of hydrogen-bond donors (Lipinski definition) is 2. The Bertz CT molecular complexity index is 425. The molecule has 1 aromatic rings. The number of nitrogens with zero attached hydrogens (tertiary/aromatic N) is 1. The fourth-order valence-corrected chi connectivity index (χ4v) is 2.77. The Morgan fingerprint density at radius 3 is 2.68 bits per heavy atom. The van der Waals surface area contributed by atoms with Gasteiger partial charge in [-0.15, -0.1) is 0 Å². The topological polar surface area (TPSA) is 68.0 Å². The summed E-state index contributed by atoms with van der Waals surface area (Å²) in [5, 5.41) is 2.98. The summed E-state index contributed by atoms with van der Waals surface area (Å²) in [6.07, 6.45) is 9.45. The van der Waals surface area contributed by atoms with Crippen molar-refractivity contribution in [1.82, 2.24) is 10.3 Å². The predicted octanol–water partition coefficient (Wildman–Crippen LogP) is 2.61. The molecule has 1 amide bonds. The second-order valence-electron chi connectivity index (χ2n) is 5.47. The normalized spacial score (nSPS) is 23.0. The van der Waals surface area contributed by atoms with Gasteiger partial charge in [-0.2, -0.15) is 0 Å². The molecule has 1 heterocycles. The number of hydrogen-bond acceptors (Lipinski definition) is 3. The SMILES string of the molecule is CCC1CCC(CNC(=O)c2cnccc2N)CC1. The number of amides is 1. The van der Waals surface area contributed by atoms with Crippen molar-refractivity contribution in [2.24, 2.45) is 11.8 Å². The number of nitrogens with two attached hydrogens (primary N) is 1. The zero-order valence-corrected chi connectivity index (χ0v) is 11.6. The zero-order chi connectivity index (χ0) is 13.7. The summed E-state index contributed by atoms with van der Waals surface area (Å²) in [7, 11) is 0. The van der Waals surface area contributed by atoms with E-state index in [4.69, 9.17) is 5.73 Å². The van der Waals surface area contributed by atoms with Crippen LogP contribution < -0.4 is 11.1 Å². The van der Waals surface area contributed by atoms with E-state index in [2.05, 4.69) is 17.2 Å². The maximum Gasteiger partial charge on any atom is 0.254 e. The molecular formula is C15H23N3O. The van der Waals surface area contributed by atoms with Gasteiger partial charge in [-0.3, -0.25) is 9.78 Å². The fourth-order valence-electron chi connectivity index (χ4n) is 2.77. The van der Waals surface area contributed by atoms with E-state index in [9.17, 15) is 4.79 Å². The van der Waals surface area contributed by atoms with Crippen LogP contribution in [0.2, 0.25) is 0 Å². The van der Waals surface area contributed by atoms with Crippen molar-refractivity contribution in [3.8, 4) is 0 Å². The van der Waals surface area contributed by atoms with Crippen LogP contribution in [0.1, 0.15) is 49.4 Å². The Balaban J connectivity index is 1.80. The van der Waals surface area contributed by atoms with E-state index in [1.807, 2.05) is 0 Å². The van der Waals surface area contributed by atoms with Crippen LogP contribution in [-0.4, -0.2) is 17.4 Å². The van der Waals surface area contributed by atoms with Crippen molar-refractivity contribution < 1.29 is 4.79 Å². The highest BCUT2D eigenvalue weighted by Gasteiger charge is 2.20. The molecule has 0 atom stereocenters. The van der Waals surface area contributed by atoms with E-state index < -0.39 is 0 Å². The number of nitrogen functional groups attached to an aromatic ring is 1. The molecule has 4 heteroatoms. The Kier molecular flexibility index (Phi) is 4.77. The number of pyridine rings is 1. The van der Waals surface area contributed by atoms with Crippen LogP contribution in [0, 0.1) is 11.8 Å². The standard InChI is InChI=1S/C15H23N3O/c1-2-11-3-5-12(6-4-11)9-18-15(19)13-10-17-8-7-14(13)16/h7-8,10-12H,2-6,9H2,1H3,(H2,16,17)(H,18,19). The second-order valence-corrected chi connectivity index (χ2v) is 5.47. The van der Waals surface area contributed by atoms with Gasteiger partial charge in [-0.25, -0.2) is 0 Å². The van der Waals surface area contributed by atoms with E-state index in [1.165, 1.54) is 38.3 Å². The lowest BCUT2D eigenvalue weighted by Crippen LogP contribution is -2.31. The van der Waals surface area contributed by atoms with Crippen molar-refractivity contribution in [3.63, 3.8) is 0 Å². The third kappa shape index (κ3) is 3.69. The van der Waals surface area contributed by atoms with Crippen molar-refractivity contribution in [3.05, 3.63) is 24.0 Å². The highest BCUT2D eigenvalue weighted by molar-refractivity contribution is 5.98. The highest BCUT2D eigenvalue weighted by atomic mass is 16.1. The van der Waals surface area contributed by atoms with Gasteiger partial charge < -0.3 is 11.1 Å². The molecule has 1 aliphatic carbocycles. The number of nitrogens with one attached hydrogen (secondary N) is 1. The third-order valence-corrected chi connectivity index (χ3v) is 4.19. The smallest absolute Gasteiger partial charge is 0.254 e. The molecule has 0 spiro atoms. The third-order valence-electron chi connectivity index (χ3n) is 4.19. The minimum atomic E-state index is -0.108. The van der Waals surface area contributed by atoms with Crippen LogP contribution in [0.25, 0.3) is 0 Å². The number of rotatable bonds is 4. The number of aromatic nitrogens is 1. The van der Waals surface area contributed by atoms with Gasteiger partial charge in [0.2, 0.25) is 0 Å². The molecule has 3 N–H and O–H groups in total. The average molecular weight is 261 g/mol. The molecule has 0 bridgehead atoms. The van der Waals surface area contributed by atoms with Crippen LogP contribution in [0.3, 0.4) is 0 Å². The summed E-state index contributed by atoms with van der Waals surface area (Å²) in [6.45, 7) is 3.02. The molecule has 1 saturated carbocycles. The first-order valence-electron chi connectivity index (χ1n) is 7.18. The number of anilines is 1. The first-order valence-corrected chi connectivity index (χ1v) is 7.18. The first kappa shape index (κ1) is 13.8. The summed E-state index contributed by atoms with van der Waals surface area (Å²) in [6, 6.07) is 1.65. The van der Waals surface area contributed by atoms with Crippen LogP contribution >= 0.6 is 0 Å². The van der Waals surface area contributed by atoms with Gasteiger partial charge in [-0.1, -0.05) is 26.2 Å². The maximum atomic E-state index is 12.0. The number of carbonyl (C=O) groups excluding carboxylic acids is 1. The first-order chi connectivity index (χ1) is 9.20. The molecule has 0 aromatic carbocycles. The maximum absolute atomic E-state index is 12.0. The Labute approximate surface area is 114 Å². The minimum absolute atomic E-state index is 0.108. The molecule has 104 valence electrons. The van der Waals surface area contributed by atoms with Gasteiger partial charge >= 0.3 is 0 Å². The van der Waals surface area contributed by atoms with E-state index in [0.29, 0.717) is 17.2 Å². The molecule has 2 rings (SSSR count). The molecular weight excluding hydrogens is 238 g/mol. The highest BCUT2D eigenvalue weighted by Crippen LogP contribution is 2.30. The van der Waals surface area contributed by atoms with E-state index in [1.54, 1.807) is 12.3 Å². The van der Waals surface area contributed by atoms with Gasteiger partial charge in [0.25, 0.3) is 5.91 Å². The van der Waals surface area contributed by atoms with Crippen molar-refractivity contribution >= 4 is 11.6 Å². The number of carbonyl (C=O) groups is 1. The fraction of sp³-hybridized carbons (Fsp3) is 0.600. The summed E-state index contributed by atoms with van der Waals surface area (Å²) in [5.41, 5.74) is 6.73. The largest absolute Gasteiger partial charge is 0.398 e. The molecule has 0 radical (unpaired) electrons. The summed E-state index contributed by atoms with van der Waals surface area (Å²) >= 11 is 0. The average Bonchev–Trinajstić information content (AvgIpc) is 2.46. The molecule has 19 heavy (non-hydrogen) atoms. The van der Waals surface area contributed by atoms with Gasteiger partial charge in [0.05, 0.1) is 5.56 Å². The Morgan fingerprint density at radius 1 is 1.37 bits per heavy atom. The van der Waals surface area contributed by atoms with Gasteiger partial charge in [0.15, 0.2) is 0 Å². The molecule has 0 saturated heterocycles. The molecule has 1 aromatic heterocycles. The monoisotopic (exact) mass is 261 g/mol. The van der Waals surface area contributed by atoms with Crippen molar-refractivity contribution in [2.45, 2.75) is 39.0 Å². The lowest BCUT2D eigenvalue weighted by Gasteiger charge is -2.27. The van der Waals surface area contributed by atoms with Crippen LogP contribution in [0.15, 0.2) is 18.5 Å². The van der Waals surface area contributed by atoms with E-state index in [0.717, 1.165) is 12.5 Å². The van der Waals surface area contributed by atoms with Gasteiger partial charge in [0.1, 0.15) is 0 Å². The zero-order valence-electron chi connectivity index (χ0n) is 11.6. The summed E-state index contributed by atoms with van der Waals surface area (Å²) in [4.78, 5) is 15.9. The van der Waals surface area contributed by atoms with Crippen molar-refractivity contribution in [1.29, 1.82) is 0 Å². The van der Waals surface area contributed by atoms with Crippen LogP contribution in [-0.2, 0) is 0 Å². The molecule has 0 unspecified atom stereocenters. The molecule has 4 nitrogen and oxygen atoms in total. The lowest BCUT2D eigenvalue weighted by molar-refractivity contribution is 0.0941.